The van der Waals surface area contributed by atoms with Gasteiger partial charge in [0.15, 0.2) is 0 Å². The second-order valence-electron chi connectivity index (χ2n) is 7.95. The lowest BCUT2D eigenvalue weighted by Gasteiger charge is -2.21. The van der Waals surface area contributed by atoms with E-state index in [4.69, 9.17) is 4.74 Å². The first kappa shape index (κ1) is 18.2. The fourth-order valence-corrected chi connectivity index (χ4v) is 4.34. The number of amides is 1. The highest BCUT2D eigenvalue weighted by Crippen LogP contribution is 2.26. The lowest BCUT2D eigenvalue weighted by atomic mass is 10.1. The number of hydrogen-bond donors (Lipinski definition) is 0. The van der Waals surface area contributed by atoms with Crippen molar-refractivity contribution in [1.29, 1.82) is 0 Å². The number of ether oxygens (including phenoxy) is 1. The third-order valence-corrected chi connectivity index (χ3v) is 5.90. The number of carbonyl (C=O) groups excluding carboxylic acids is 1. The molecule has 6 heteroatoms. The van der Waals surface area contributed by atoms with Crippen LogP contribution in [0.15, 0.2) is 48.7 Å². The summed E-state index contributed by atoms with van der Waals surface area (Å²) in [6, 6.07) is 14.4. The number of rotatable bonds is 4. The van der Waals surface area contributed by atoms with E-state index < -0.39 is 0 Å². The van der Waals surface area contributed by atoms with Crippen molar-refractivity contribution >= 4 is 16.8 Å². The normalized spacial score (nSPS) is 17.2. The molecule has 2 aliphatic rings. The highest BCUT2D eigenvalue weighted by molar-refractivity contribution is 5.82. The van der Waals surface area contributed by atoms with Gasteiger partial charge in [-0.3, -0.25) is 14.4 Å². The third kappa shape index (κ3) is 3.85. The fraction of sp³-hybridized carbons (Fsp3) is 0.391. The van der Waals surface area contributed by atoms with Crippen molar-refractivity contribution in [2.24, 2.45) is 0 Å². The van der Waals surface area contributed by atoms with E-state index in [-0.39, 0.29) is 12.5 Å². The predicted molar refractivity (Wildman–Crippen MR) is 112 cm³/mol. The monoisotopic (exact) mass is 390 g/mol. The molecule has 0 N–H and O–H groups in total. The van der Waals surface area contributed by atoms with Gasteiger partial charge in [0.1, 0.15) is 18.9 Å². The van der Waals surface area contributed by atoms with Crippen LogP contribution in [0.3, 0.4) is 0 Å². The maximum absolute atomic E-state index is 13.0. The molecule has 29 heavy (non-hydrogen) atoms. The van der Waals surface area contributed by atoms with E-state index in [1.807, 2.05) is 35.4 Å². The van der Waals surface area contributed by atoms with E-state index in [2.05, 4.69) is 28.2 Å². The van der Waals surface area contributed by atoms with E-state index >= 15 is 0 Å². The first-order valence-corrected chi connectivity index (χ1v) is 10.4. The quantitative estimate of drug-likeness (QED) is 0.687. The van der Waals surface area contributed by atoms with Crippen LogP contribution in [0.5, 0.6) is 5.75 Å². The summed E-state index contributed by atoms with van der Waals surface area (Å²) in [5.41, 5.74) is 3.37. The van der Waals surface area contributed by atoms with Crippen LogP contribution in [0.4, 0.5) is 0 Å². The molecular formula is C23H26N4O2. The molecule has 1 aromatic heterocycles. The molecule has 3 heterocycles. The van der Waals surface area contributed by atoms with Crippen molar-refractivity contribution < 1.29 is 9.53 Å². The smallest absolute Gasteiger partial charge is 0.244 e. The Kier molecular flexibility index (Phi) is 4.94. The molecule has 2 aliphatic heterocycles. The Bertz CT molecular complexity index is 1020. The second-order valence-corrected chi connectivity index (χ2v) is 7.95. The van der Waals surface area contributed by atoms with E-state index in [1.54, 1.807) is 4.68 Å². The van der Waals surface area contributed by atoms with Gasteiger partial charge in [-0.1, -0.05) is 24.3 Å². The minimum Gasteiger partial charge on any atom is -0.491 e. The number of aromatic nitrogens is 2. The molecule has 0 unspecified atom stereocenters. The maximum Gasteiger partial charge on any atom is 0.244 e. The average molecular weight is 390 g/mol. The lowest BCUT2D eigenvalue weighted by Crippen LogP contribution is -2.35. The summed E-state index contributed by atoms with van der Waals surface area (Å²) in [5, 5.41) is 5.45. The van der Waals surface area contributed by atoms with E-state index in [9.17, 15) is 4.79 Å². The van der Waals surface area contributed by atoms with Crippen LogP contribution in [0.2, 0.25) is 0 Å². The number of likely N-dealkylation sites (tertiary alicyclic amines) is 1. The van der Waals surface area contributed by atoms with Crippen LogP contribution in [0.1, 0.15) is 24.0 Å². The van der Waals surface area contributed by atoms with Crippen molar-refractivity contribution in [3.05, 3.63) is 59.8 Å². The van der Waals surface area contributed by atoms with E-state index in [0.717, 1.165) is 28.8 Å². The molecule has 150 valence electrons. The molecule has 0 radical (unpaired) electrons. The van der Waals surface area contributed by atoms with Crippen molar-refractivity contribution in [3.8, 4) is 5.75 Å². The summed E-state index contributed by atoms with van der Waals surface area (Å²) < 4.78 is 7.72. The van der Waals surface area contributed by atoms with Gasteiger partial charge in [-0.15, -0.1) is 0 Å². The van der Waals surface area contributed by atoms with Gasteiger partial charge in [0.25, 0.3) is 0 Å². The second kappa shape index (κ2) is 7.87. The SMILES string of the molecule is O=C(Cn1ncc2ccccc21)N1CCOc2ccc(CN3CCCC3)cc2C1. The Labute approximate surface area is 170 Å². The summed E-state index contributed by atoms with van der Waals surface area (Å²) in [7, 11) is 0. The number of benzene rings is 2. The lowest BCUT2D eigenvalue weighted by molar-refractivity contribution is -0.132. The van der Waals surface area contributed by atoms with Gasteiger partial charge < -0.3 is 9.64 Å². The zero-order valence-electron chi connectivity index (χ0n) is 16.6. The topological polar surface area (TPSA) is 50.6 Å². The predicted octanol–water partition coefficient (Wildman–Crippen LogP) is 3.05. The molecule has 1 amide bonds. The minimum absolute atomic E-state index is 0.0697. The highest BCUT2D eigenvalue weighted by Gasteiger charge is 2.22. The molecule has 5 rings (SSSR count). The third-order valence-electron chi connectivity index (χ3n) is 5.90. The number of fused-ring (bicyclic) bond motifs is 2. The van der Waals surface area contributed by atoms with Crippen LogP contribution >= 0.6 is 0 Å². The summed E-state index contributed by atoms with van der Waals surface area (Å²) >= 11 is 0. The largest absolute Gasteiger partial charge is 0.491 e. The zero-order chi connectivity index (χ0) is 19.6. The Morgan fingerprint density at radius 1 is 1.07 bits per heavy atom. The van der Waals surface area contributed by atoms with Gasteiger partial charge in [0.2, 0.25) is 5.91 Å². The average Bonchev–Trinajstić information content (AvgIpc) is 3.33. The van der Waals surface area contributed by atoms with Crippen molar-refractivity contribution in [2.75, 3.05) is 26.2 Å². The molecule has 0 aliphatic carbocycles. The van der Waals surface area contributed by atoms with E-state index in [0.29, 0.717) is 19.7 Å². The molecule has 0 bridgehead atoms. The van der Waals surface area contributed by atoms with Gasteiger partial charge in [0.05, 0.1) is 18.3 Å². The molecule has 0 atom stereocenters. The summed E-state index contributed by atoms with van der Waals surface area (Å²) in [5.74, 6) is 0.968. The maximum atomic E-state index is 13.0. The van der Waals surface area contributed by atoms with Crippen molar-refractivity contribution in [2.45, 2.75) is 32.5 Å². The summed E-state index contributed by atoms with van der Waals surface area (Å²) in [6.07, 6.45) is 4.39. The Morgan fingerprint density at radius 2 is 1.93 bits per heavy atom. The zero-order valence-corrected chi connectivity index (χ0v) is 16.6. The van der Waals surface area contributed by atoms with E-state index in [1.165, 1.54) is 31.5 Å². The Balaban J connectivity index is 1.32. The molecule has 0 saturated carbocycles. The highest BCUT2D eigenvalue weighted by atomic mass is 16.5. The molecule has 1 fully saturated rings. The molecule has 6 nitrogen and oxygen atoms in total. The van der Waals surface area contributed by atoms with Crippen LogP contribution in [0.25, 0.3) is 10.9 Å². The standard InChI is InChI=1S/C23H26N4O2/c28-23(17-27-21-6-2-1-5-19(21)14-24-27)26-11-12-29-22-8-7-18(13-20(22)16-26)15-25-9-3-4-10-25/h1-2,5-8,13-14H,3-4,9-12,15-17H2. The van der Waals surface area contributed by atoms with Crippen molar-refractivity contribution in [1.82, 2.24) is 19.6 Å². The number of nitrogens with zero attached hydrogens (tertiary/aromatic N) is 4. The summed E-state index contributed by atoms with van der Waals surface area (Å²) in [4.78, 5) is 17.4. The van der Waals surface area contributed by atoms with Crippen LogP contribution in [-0.4, -0.2) is 51.7 Å². The fourth-order valence-electron chi connectivity index (χ4n) is 4.34. The Morgan fingerprint density at radius 3 is 2.83 bits per heavy atom. The molecule has 1 saturated heterocycles. The molecule has 0 spiro atoms. The first-order valence-electron chi connectivity index (χ1n) is 10.4. The number of hydrogen-bond acceptors (Lipinski definition) is 4. The van der Waals surface area contributed by atoms with Gasteiger partial charge in [-0.25, -0.2) is 0 Å². The summed E-state index contributed by atoms with van der Waals surface area (Å²) in [6.45, 7) is 5.27. The van der Waals surface area contributed by atoms with Crippen LogP contribution < -0.4 is 4.74 Å². The molecule has 2 aromatic carbocycles. The number of carbonyl (C=O) groups is 1. The van der Waals surface area contributed by atoms with Crippen molar-refractivity contribution in [3.63, 3.8) is 0 Å². The Hall–Kier alpha value is -2.86. The number of para-hydroxylation sites is 1. The van der Waals surface area contributed by atoms with Gasteiger partial charge in [-0.2, -0.15) is 5.10 Å². The van der Waals surface area contributed by atoms with Gasteiger partial charge in [-0.05, 0) is 49.7 Å². The first-order chi connectivity index (χ1) is 14.3. The van der Waals surface area contributed by atoms with Gasteiger partial charge in [0, 0.05) is 24.0 Å². The van der Waals surface area contributed by atoms with Crippen LogP contribution in [-0.2, 0) is 24.4 Å². The molecule has 3 aromatic rings. The van der Waals surface area contributed by atoms with Crippen LogP contribution in [0, 0.1) is 0 Å². The van der Waals surface area contributed by atoms with Gasteiger partial charge >= 0.3 is 0 Å². The molecular weight excluding hydrogens is 364 g/mol. The minimum atomic E-state index is 0.0697.